The zero-order chi connectivity index (χ0) is 24.8. The Hall–Kier alpha value is -1.47. The van der Waals surface area contributed by atoms with Gasteiger partial charge in [0.15, 0.2) is 0 Å². The SMILES string of the molecule is CN(C)CC[C@H](O)CN(CCN1[C@@H]2CC[C@H]1C[C@@H](c1cccc(C(N)=O)c1)C2)CC1CCCCC1. The molecule has 1 aromatic rings. The summed E-state index contributed by atoms with van der Waals surface area (Å²) in [7, 11) is 4.16. The molecule has 35 heavy (non-hydrogen) atoms. The van der Waals surface area contributed by atoms with E-state index in [1.807, 2.05) is 18.2 Å². The van der Waals surface area contributed by atoms with Crippen LogP contribution in [0.3, 0.4) is 0 Å². The molecule has 3 aliphatic rings. The minimum Gasteiger partial charge on any atom is -0.392 e. The molecule has 2 saturated heterocycles. The van der Waals surface area contributed by atoms with Gasteiger partial charge in [-0.2, -0.15) is 0 Å². The quantitative estimate of drug-likeness (QED) is 0.473. The Morgan fingerprint density at radius 3 is 2.46 bits per heavy atom. The Balaban J connectivity index is 1.34. The van der Waals surface area contributed by atoms with Crippen LogP contribution in [0, 0.1) is 5.92 Å². The second-order valence-electron chi connectivity index (χ2n) is 11.8. The van der Waals surface area contributed by atoms with Gasteiger partial charge in [0, 0.05) is 50.4 Å². The van der Waals surface area contributed by atoms with Gasteiger partial charge in [-0.15, -0.1) is 0 Å². The molecule has 1 aliphatic carbocycles. The molecule has 1 aromatic carbocycles. The highest BCUT2D eigenvalue weighted by Gasteiger charge is 2.41. The molecule has 0 aromatic heterocycles. The lowest BCUT2D eigenvalue weighted by Gasteiger charge is -2.41. The number of hydrogen-bond acceptors (Lipinski definition) is 5. The molecule has 2 bridgehead atoms. The van der Waals surface area contributed by atoms with Crippen LogP contribution in [0.5, 0.6) is 0 Å². The third-order valence-corrected chi connectivity index (χ3v) is 8.82. The first-order valence-corrected chi connectivity index (χ1v) is 14.1. The van der Waals surface area contributed by atoms with Gasteiger partial charge in [0.1, 0.15) is 0 Å². The summed E-state index contributed by atoms with van der Waals surface area (Å²) < 4.78 is 0. The van der Waals surface area contributed by atoms with Gasteiger partial charge in [0.2, 0.25) is 5.91 Å². The number of benzene rings is 1. The molecular weight excluding hydrogens is 436 g/mol. The lowest BCUT2D eigenvalue weighted by molar-refractivity contribution is 0.0637. The number of carbonyl (C=O) groups excluding carboxylic acids is 1. The lowest BCUT2D eigenvalue weighted by atomic mass is 9.84. The maximum absolute atomic E-state index is 11.7. The summed E-state index contributed by atoms with van der Waals surface area (Å²) in [5, 5.41) is 10.8. The summed E-state index contributed by atoms with van der Waals surface area (Å²) in [6.45, 7) is 5.05. The Kier molecular flexibility index (Phi) is 9.62. The molecule has 2 heterocycles. The van der Waals surface area contributed by atoms with Gasteiger partial charge in [-0.3, -0.25) is 14.6 Å². The van der Waals surface area contributed by atoms with Crippen molar-refractivity contribution in [3.05, 3.63) is 35.4 Å². The number of aliphatic hydroxyl groups excluding tert-OH is 1. The number of piperidine rings is 1. The van der Waals surface area contributed by atoms with E-state index >= 15 is 0 Å². The van der Waals surface area contributed by atoms with Crippen molar-refractivity contribution in [2.45, 2.75) is 88.3 Å². The minimum atomic E-state index is -0.335. The highest BCUT2D eigenvalue weighted by molar-refractivity contribution is 5.92. The number of nitrogens with two attached hydrogens (primary N) is 1. The maximum atomic E-state index is 11.7. The van der Waals surface area contributed by atoms with Gasteiger partial charge in [-0.05, 0) is 88.6 Å². The van der Waals surface area contributed by atoms with Crippen LogP contribution in [0.2, 0.25) is 0 Å². The first kappa shape index (κ1) is 26.6. The third-order valence-electron chi connectivity index (χ3n) is 8.82. The highest BCUT2D eigenvalue weighted by atomic mass is 16.3. The van der Waals surface area contributed by atoms with Crippen LogP contribution in [0.15, 0.2) is 24.3 Å². The summed E-state index contributed by atoms with van der Waals surface area (Å²) in [6.07, 6.45) is 12.3. The first-order chi connectivity index (χ1) is 16.9. The summed E-state index contributed by atoms with van der Waals surface area (Å²) in [6, 6.07) is 9.26. The number of primary amides is 1. The van der Waals surface area contributed by atoms with E-state index in [2.05, 4.69) is 34.9 Å². The molecule has 1 amide bonds. The minimum absolute atomic E-state index is 0.249. The number of nitrogens with zero attached hydrogens (tertiary/aromatic N) is 3. The van der Waals surface area contributed by atoms with Crippen molar-refractivity contribution >= 4 is 5.91 Å². The fourth-order valence-electron chi connectivity index (χ4n) is 6.90. The molecular formula is C29H48N4O2. The molecule has 4 atom stereocenters. The van der Waals surface area contributed by atoms with Crippen molar-refractivity contribution in [1.29, 1.82) is 0 Å². The van der Waals surface area contributed by atoms with E-state index in [-0.39, 0.29) is 12.0 Å². The van der Waals surface area contributed by atoms with E-state index in [4.69, 9.17) is 5.73 Å². The fourth-order valence-corrected chi connectivity index (χ4v) is 6.90. The standard InChI is InChI=1S/C29H48N4O2/c1-31(2)14-13-28(34)21-32(20-22-7-4-3-5-8-22)15-16-33-26-11-12-27(33)19-25(18-26)23-9-6-10-24(17-23)29(30)35/h6,9-10,17,22,25-28,34H,3-5,7-8,11-16,18-21H2,1-2H3,(H2,30,35)/t25-,26+,27-,28-/m0/s1. The van der Waals surface area contributed by atoms with E-state index in [0.717, 1.165) is 45.1 Å². The molecule has 3 fully saturated rings. The normalized spacial score (nSPS) is 26.5. The summed E-state index contributed by atoms with van der Waals surface area (Å²) in [5.74, 6) is 0.983. The maximum Gasteiger partial charge on any atom is 0.248 e. The van der Waals surface area contributed by atoms with Gasteiger partial charge < -0.3 is 15.7 Å². The fraction of sp³-hybridized carbons (Fsp3) is 0.759. The zero-order valence-corrected chi connectivity index (χ0v) is 22.1. The van der Waals surface area contributed by atoms with Gasteiger partial charge in [0.05, 0.1) is 6.10 Å². The van der Waals surface area contributed by atoms with Crippen molar-refractivity contribution in [2.75, 3.05) is 46.8 Å². The van der Waals surface area contributed by atoms with Crippen molar-refractivity contribution < 1.29 is 9.90 Å². The van der Waals surface area contributed by atoms with Crippen LogP contribution in [-0.4, -0.2) is 90.7 Å². The van der Waals surface area contributed by atoms with Gasteiger partial charge >= 0.3 is 0 Å². The number of rotatable bonds is 12. The number of amides is 1. The van der Waals surface area contributed by atoms with Gasteiger partial charge in [-0.25, -0.2) is 0 Å². The monoisotopic (exact) mass is 484 g/mol. The van der Waals surface area contributed by atoms with E-state index in [1.165, 1.54) is 63.4 Å². The van der Waals surface area contributed by atoms with Crippen LogP contribution >= 0.6 is 0 Å². The van der Waals surface area contributed by atoms with Crippen LogP contribution in [0.4, 0.5) is 0 Å². The van der Waals surface area contributed by atoms with Crippen molar-refractivity contribution in [3.63, 3.8) is 0 Å². The Morgan fingerprint density at radius 2 is 1.80 bits per heavy atom. The van der Waals surface area contributed by atoms with E-state index in [0.29, 0.717) is 23.6 Å². The van der Waals surface area contributed by atoms with Crippen molar-refractivity contribution in [1.82, 2.24) is 14.7 Å². The average Bonchev–Trinajstić information content (AvgIpc) is 3.08. The molecule has 0 unspecified atom stereocenters. The number of hydrogen-bond donors (Lipinski definition) is 2. The average molecular weight is 485 g/mol. The number of carbonyl (C=O) groups is 1. The Bertz CT molecular complexity index is 796. The predicted octanol–water partition coefficient (Wildman–Crippen LogP) is 3.69. The van der Waals surface area contributed by atoms with Crippen LogP contribution in [-0.2, 0) is 0 Å². The second kappa shape index (κ2) is 12.7. The molecule has 4 rings (SSSR count). The topological polar surface area (TPSA) is 73.0 Å². The highest BCUT2D eigenvalue weighted by Crippen LogP contribution is 2.43. The van der Waals surface area contributed by atoms with E-state index in [1.54, 1.807) is 0 Å². The molecule has 196 valence electrons. The van der Waals surface area contributed by atoms with Gasteiger partial charge in [-0.1, -0.05) is 31.4 Å². The molecule has 6 nitrogen and oxygen atoms in total. The smallest absolute Gasteiger partial charge is 0.248 e. The first-order valence-electron chi connectivity index (χ1n) is 14.1. The lowest BCUT2D eigenvalue weighted by Crippen LogP contribution is -2.47. The summed E-state index contributed by atoms with van der Waals surface area (Å²) in [4.78, 5) is 19.2. The van der Waals surface area contributed by atoms with Crippen molar-refractivity contribution in [3.8, 4) is 0 Å². The van der Waals surface area contributed by atoms with Gasteiger partial charge in [0.25, 0.3) is 0 Å². The van der Waals surface area contributed by atoms with Crippen LogP contribution in [0.25, 0.3) is 0 Å². The molecule has 6 heteroatoms. The van der Waals surface area contributed by atoms with Crippen LogP contribution < -0.4 is 5.73 Å². The predicted molar refractivity (Wildman–Crippen MR) is 143 cm³/mol. The molecule has 3 N–H and O–H groups in total. The molecule has 1 saturated carbocycles. The molecule has 2 aliphatic heterocycles. The molecule has 0 spiro atoms. The number of aliphatic hydroxyl groups is 1. The second-order valence-corrected chi connectivity index (χ2v) is 11.8. The van der Waals surface area contributed by atoms with Crippen LogP contribution in [0.1, 0.15) is 86.0 Å². The largest absolute Gasteiger partial charge is 0.392 e. The number of fused-ring (bicyclic) bond motifs is 2. The zero-order valence-electron chi connectivity index (χ0n) is 22.1. The summed E-state index contributed by atoms with van der Waals surface area (Å²) in [5.41, 5.74) is 7.44. The van der Waals surface area contributed by atoms with Crippen molar-refractivity contribution in [2.24, 2.45) is 11.7 Å². The van der Waals surface area contributed by atoms with E-state index < -0.39 is 0 Å². The molecule has 0 radical (unpaired) electrons. The van der Waals surface area contributed by atoms with E-state index in [9.17, 15) is 9.90 Å². The third kappa shape index (κ3) is 7.51. The Labute approximate surface area is 212 Å². The summed E-state index contributed by atoms with van der Waals surface area (Å²) >= 11 is 0. The Morgan fingerprint density at radius 1 is 1.09 bits per heavy atom.